The quantitative estimate of drug-likeness (QED) is 0.305. The topological polar surface area (TPSA) is 67.8 Å². The van der Waals surface area contributed by atoms with Gasteiger partial charge in [0.1, 0.15) is 5.01 Å². The van der Waals surface area contributed by atoms with Crippen LogP contribution >= 0.6 is 23.1 Å². The summed E-state index contributed by atoms with van der Waals surface area (Å²) in [6.45, 7) is 0. The molecule has 0 aliphatic carbocycles. The van der Waals surface area contributed by atoms with E-state index in [1.165, 1.54) is 16.2 Å². The van der Waals surface area contributed by atoms with E-state index in [0.717, 1.165) is 27.2 Å². The van der Waals surface area contributed by atoms with Crippen LogP contribution in [0, 0.1) is 0 Å². The highest BCUT2D eigenvalue weighted by Crippen LogP contribution is 2.28. The summed E-state index contributed by atoms with van der Waals surface area (Å²) >= 11 is 3.08. The summed E-state index contributed by atoms with van der Waals surface area (Å²) in [6.07, 6.45) is 0. The van der Waals surface area contributed by atoms with Crippen LogP contribution in [0.2, 0.25) is 0 Å². The molecule has 0 aliphatic heterocycles. The van der Waals surface area contributed by atoms with Crippen molar-refractivity contribution in [3.63, 3.8) is 0 Å². The van der Waals surface area contributed by atoms with E-state index in [-0.39, 0.29) is 5.91 Å². The van der Waals surface area contributed by atoms with Crippen LogP contribution in [0.5, 0.6) is 0 Å². The van der Waals surface area contributed by atoms with Crippen molar-refractivity contribution in [2.75, 3.05) is 5.32 Å². The normalized spacial score (nSPS) is 10.9. The maximum absolute atomic E-state index is 13.2. The standard InChI is InChI=1S/C25H18N4OS2/c30-24(27-25-29-28-23(32-25)16-31-18-11-5-2-6-12-18)20-15-22(17-9-3-1-4-10-17)26-21-14-8-7-13-19(20)21/h1-15H,16H2,(H,27,29,30). The predicted octanol–water partition coefficient (Wildman–Crippen LogP) is 6.30. The third-order valence-corrected chi connectivity index (χ3v) is 6.87. The van der Waals surface area contributed by atoms with Crippen molar-refractivity contribution < 1.29 is 4.79 Å². The molecule has 5 nitrogen and oxygen atoms in total. The largest absolute Gasteiger partial charge is 0.296 e. The third-order valence-electron chi connectivity index (χ3n) is 4.82. The van der Waals surface area contributed by atoms with Crippen LogP contribution < -0.4 is 5.32 Å². The highest BCUT2D eigenvalue weighted by Gasteiger charge is 2.16. The molecular formula is C25H18N4OS2. The summed E-state index contributed by atoms with van der Waals surface area (Å²) in [7, 11) is 0. The van der Waals surface area contributed by atoms with E-state index in [2.05, 4.69) is 27.6 Å². The lowest BCUT2D eigenvalue weighted by atomic mass is 10.0. The minimum atomic E-state index is -0.223. The van der Waals surface area contributed by atoms with Gasteiger partial charge in [0, 0.05) is 15.8 Å². The molecular weight excluding hydrogens is 436 g/mol. The molecule has 3 aromatic carbocycles. The first-order chi connectivity index (χ1) is 15.8. The van der Waals surface area contributed by atoms with Gasteiger partial charge >= 0.3 is 0 Å². The first kappa shape index (κ1) is 20.4. The Morgan fingerprint density at radius 2 is 1.59 bits per heavy atom. The summed E-state index contributed by atoms with van der Waals surface area (Å²) in [6, 6.07) is 29.5. The molecule has 32 heavy (non-hydrogen) atoms. The molecule has 156 valence electrons. The summed E-state index contributed by atoms with van der Waals surface area (Å²) in [5.74, 6) is 0.479. The number of rotatable bonds is 6. The van der Waals surface area contributed by atoms with Crippen molar-refractivity contribution in [3.05, 3.63) is 102 Å². The Labute approximate surface area is 193 Å². The van der Waals surface area contributed by atoms with Crippen molar-refractivity contribution in [1.82, 2.24) is 15.2 Å². The van der Waals surface area contributed by atoms with Crippen LogP contribution in [0.4, 0.5) is 5.13 Å². The summed E-state index contributed by atoms with van der Waals surface area (Å²) in [4.78, 5) is 19.1. The molecule has 0 bridgehead atoms. The fourth-order valence-corrected chi connectivity index (χ4v) is 4.95. The number of carbonyl (C=O) groups excluding carboxylic acids is 1. The number of fused-ring (bicyclic) bond motifs is 1. The summed E-state index contributed by atoms with van der Waals surface area (Å²) in [5.41, 5.74) is 3.05. The summed E-state index contributed by atoms with van der Waals surface area (Å²) in [5, 5.41) is 13.5. The number of para-hydroxylation sites is 1. The lowest BCUT2D eigenvalue weighted by Gasteiger charge is -2.09. The lowest BCUT2D eigenvalue weighted by Crippen LogP contribution is -2.13. The Bertz CT molecular complexity index is 1370. The number of anilines is 1. The lowest BCUT2D eigenvalue weighted by molar-refractivity contribution is 0.102. The number of hydrogen-bond acceptors (Lipinski definition) is 6. The molecule has 5 aromatic rings. The number of pyridine rings is 1. The average molecular weight is 455 g/mol. The maximum atomic E-state index is 13.2. The van der Waals surface area contributed by atoms with Gasteiger partial charge in [-0.3, -0.25) is 10.1 Å². The number of thioether (sulfide) groups is 1. The molecule has 0 saturated carbocycles. The van der Waals surface area contributed by atoms with E-state index in [0.29, 0.717) is 16.4 Å². The van der Waals surface area contributed by atoms with Crippen molar-refractivity contribution in [1.29, 1.82) is 0 Å². The van der Waals surface area contributed by atoms with Crippen LogP contribution in [0.25, 0.3) is 22.2 Å². The number of hydrogen-bond donors (Lipinski definition) is 1. The molecule has 0 unspecified atom stereocenters. The second-order valence-electron chi connectivity index (χ2n) is 7.00. The zero-order chi connectivity index (χ0) is 21.8. The van der Waals surface area contributed by atoms with Gasteiger partial charge in [0.05, 0.1) is 22.5 Å². The second kappa shape index (κ2) is 9.30. The Hall–Kier alpha value is -3.55. The number of amides is 1. The molecule has 0 fully saturated rings. The van der Waals surface area contributed by atoms with Crippen LogP contribution in [-0.2, 0) is 5.75 Å². The van der Waals surface area contributed by atoms with E-state index in [1.807, 2.05) is 78.9 Å². The van der Waals surface area contributed by atoms with Crippen molar-refractivity contribution >= 4 is 45.0 Å². The van der Waals surface area contributed by atoms with Gasteiger partial charge in [0.2, 0.25) is 5.13 Å². The molecule has 0 aliphatic rings. The van der Waals surface area contributed by atoms with Crippen molar-refractivity contribution in [2.45, 2.75) is 10.6 Å². The smallest absolute Gasteiger partial charge is 0.258 e. The van der Waals surface area contributed by atoms with Gasteiger partial charge in [-0.25, -0.2) is 4.98 Å². The van der Waals surface area contributed by atoms with Gasteiger partial charge in [0.15, 0.2) is 0 Å². The molecule has 0 radical (unpaired) electrons. The molecule has 2 aromatic heterocycles. The Morgan fingerprint density at radius 3 is 2.41 bits per heavy atom. The Balaban J connectivity index is 1.39. The van der Waals surface area contributed by atoms with Gasteiger partial charge < -0.3 is 0 Å². The molecule has 0 spiro atoms. The summed E-state index contributed by atoms with van der Waals surface area (Å²) < 4.78 is 0. The van der Waals surface area contributed by atoms with E-state index in [9.17, 15) is 4.79 Å². The fourth-order valence-electron chi connectivity index (χ4n) is 3.31. The first-order valence-corrected chi connectivity index (χ1v) is 11.8. The van der Waals surface area contributed by atoms with E-state index in [1.54, 1.807) is 11.8 Å². The number of benzene rings is 3. The number of aromatic nitrogens is 3. The number of carbonyl (C=O) groups is 1. The van der Waals surface area contributed by atoms with Crippen LogP contribution in [0.1, 0.15) is 15.4 Å². The number of nitrogens with zero attached hydrogens (tertiary/aromatic N) is 3. The van der Waals surface area contributed by atoms with Crippen molar-refractivity contribution in [2.24, 2.45) is 0 Å². The van der Waals surface area contributed by atoms with Crippen molar-refractivity contribution in [3.8, 4) is 11.3 Å². The molecule has 5 rings (SSSR count). The van der Waals surface area contributed by atoms with Gasteiger partial charge in [-0.2, -0.15) is 0 Å². The van der Waals surface area contributed by atoms with Gasteiger partial charge in [-0.1, -0.05) is 78.1 Å². The van der Waals surface area contributed by atoms with E-state index in [4.69, 9.17) is 4.98 Å². The SMILES string of the molecule is O=C(Nc1nnc(CSc2ccccc2)s1)c1cc(-c2ccccc2)nc2ccccc12. The molecule has 7 heteroatoms. The fraction of sp³-hybridized carbons (Fsp3) is 0.0400. The van der Waals surface area contributed by atoms with Gasteiger partial charge in [-0.05, 0) is 24.3 Å². The second-order valence-corrected chi connectivity index (χ2v) is 9.11. The van der Waals surface area contributed by atoms with E-state index < -0.39 is 0 Å². The average Bonchev–Trinajstić information content (AvgIpc) is 3.30. The van der Waals surface area contributed by atoms with Gasteiger partial charge in [0.25, 0.3) is 5.91 Å². The predicted molar refractivity (Wildman–Crippen MR) is 131 cm³/mol. The number of nitrogens with one attached hydrogen (secondary N) is 1. The van der Waals surface area contributed by atoms with Crippen LogP contribution in [0.15, 0.2) is 95.9 Å². The van der Waals surface area contributed by atoms with E-state index >= 15 is 0 Å². The minimum absolute atomic E-state index is 0.223. The van der Waals surface area contributed by atoms with Gasteiger partial charge in [-0.15, -0.1) is 22.0 Å². The molecule has 0 atom stereocenters. The molecule has 1 amide bonds. The Kier molecular flexibility index (Phi) is 5.91. The third kappa shape index (κ3) is 4.54. The zero-order valence-electron chi connectivity index (χ0n) is 16.9. The Morgan fingerprint density at radius 1 is 0.875 bits per heavy atom. The first-order valence-electron chi connectivity index (χ1n) is 10.0. The molecule has 2 heterocycles. The minimum Gasteiger partial charge on any atom is -0.296 e. The molecule has 0 saturated heterocycles. The zero-order valence-corrected chi connectivity index (χ0v) is 18.6. The van der Waals surface area contributed by atoms with Crippen LogP contribution in [0.3, 0.4) is 0 Å². The highest BCUT2D eigenvalue weighted by molar-refractivity contribution is 7.98. The molecule has 1 N–H and O–H groups in total. The maximum Gasteiger partial charge on any atom is 0.258 e. The monoisotopic (exact) mass is 454 g/mol. The van der Waals surface area contributed by atoms with Crippen LogP contribution in [-0.4, -0.2) is 21.1 Å². The highest BCUT2D eigenvalue weighted by atomic mass is 32.2.